The van der Waals surface area contributed by atoms with E-state index in [1.54, 1.807) is 12.1 Å². The van der Waals surface area contributed by atoms with Crippen LogP contribution >= 0.6 is 22.6 Å². The molecule has 92 valence electrons. The third-order valence-corrected chi connectivity index (χ3v) is 4.26. The molecule has 0 amide bonds. The molecule has 0 spiro atoms. The van der Waals surface area contributed by atoms with E-state index in [-0.39, 0.29) is 10.6 Å². The Morgan fingerprint density at radius 3 is 2.76 bits per heavy atom. The lowest BCUT2D eigenvalue weighted by Crippen LogP contribution is -2.22. The summed E-state index contributed by atoms with van der Waals surface area (Å²) in [6, 6.07) is 5.49. The number of halogens is 1. The van der Waals surface area contributed by atoms with E-state index in [9.17, 15) is 10.1 Å². The Morgan fingerprint density at radius 2 is 2.24 bits per heavy atom. The van der Waals surface area contributed by atoms with Crippen LogP contribution in [0.1, 0.15) is 26.2 Å². The molecule has 0 bridgehead atoms. The molecule has 1 N–H and O–H groups in total. The highest BCUT2D eigenvalue weighted by Crippen LogP contribution is 2.30. The van der Waals surface area contributed by atoms with Crippen molar-refractivity contribution in [2.75, 3.05) is 5.32 Å². The minimum Gasteiger partial charge on any atom is -0.381 e. The van der Waals surface area contributed by atoms with E-state index in [0.29, 0.717) is 12.0 Å². The summed E-state index contributed by atoms with van der Waals surface area (Å²) in [5, 5.41) is 14.1. The lowest BCUT2D eigenvalue weighted by Gasteiger charge is -2.19. The third kappa shape index (κ3) is 2.88. The molecule has 1 aliphatic carbocycles. The first-order chi connectivity index (χ1) is 8.08. The SMILES string of the molecule is CC1CCCC1Nc1ccc([N+](=O)[O-])cc1I. The molecule has 0 aliphatic heterocycles. The van der Waals surface area contributed by atoms with E-state index in [1.165, 1.54) is 19.3 Å². The van der Waals surface area contributed by atoms with Gasteiger partial charge >= 0.3 is 0 Å². The van der Waals surface area contributed by atoms with Gasteiger partial charge in [-0.05, 0) is 47.4 Å². The number of rotatable bonds is 3. The van der Waals surface area contributed by atoms with Crippen molar-refractivity contribution >= 4 is 34.0 Å². The van der Waals surface area contributed by atoms with Crippen LogP contribution in [0.25, 0.3) is 0 Å². The van der Waals surface area contributed by atoms with E-state index in [1.807, 2.05) is 6.07 Å². The Labute approximate surface area is 114 Å². The molecule has 4 nitrogen and oxygen atoms in total. The summed E-state index contributed by atoms with van der Waals surface area (Å²) >= 11 is 2.15. The quantitative estimate of drug-likeness (QED) is 0.515. The van der Waals surface area contributed by atoms with Crippen molar-refractivity contribution in [1.29, 1.82) is 0 Å². The number of anilines is 1. The first-order valence-electron chi connectivity index (χ1n) is 5.78. The topological polar surface area (TPSA) is 55.2 Å². The standard InChI is InChI=1S/C12H15IN2O2/c1-8-3-2-4-11(8)14-12-6-5-9(15(16)17)7-10(12)13/h5-8,11,14H,2-4H2,1H3. The molecule has 1 fully saturated rings. The molecule has 1 aromatic carbocycles. The predicted molar refractivity (Wildman–Crippen MR) is 76.2 cm³/mol. The van der Waals surface area contributed by atoms with Crippen LogP contribution in [0.2, 0.25) is 0 Å². The lowest BCUT2D eigenvalue weighted by atomic mass is 10.1. The molecular weight excluding hydrogens is 331 g/mol. The van der Waals surface area contributed by atoms with E-state index in [4.69, 9.17) is 0 Å². The van der Waals surface area contributed by atoms with Crippen LogP contribution in [0.4, 0.5) is 11.4 Å². The molecule has 2 atom stereocenters. The second-order valence-corrected chi connectivity index (χ2v) is 5.74. The Kier molecular flexibility index (Phi) is 3.86. The largest absolute Gasteiger partial charge is 0.381 e. The predicted octanol–water partition coefficient (Wildman–Crippen LogP) is 3.80. The maximum absolute atomic E-state index is 10.6. The minimum atomic E-state index is -0.357. The van der Waals surface area contributed by atoms with Crippen molar-refractivity contribution < 1.29 is 4.92 Å². The van der Waals surface area contributed by atoms with Crippen molar-refractivity contribution in [2.24, 2.45) is 5.92 Å². The maximum Gasteiger partial charge on any atom is 0.270 e. The summed E-state index contributed by atoms with van der Waals surface area (Å²) in [5.41, 5.74) is 1.16. The average Bonchev–Trinajstić information content (AvgIpc) is 2.67. The monoisotopic (exact) mass is 346 g/mol. The Hall–Kier alpha value is -0.850. The first kappa shape index (κ1) is 12.6. The summed E-state index contributed by atoms with van der Waals surface area (Å²) in [7, 11) is 0. The van der Waals surface area contributed by atoms with Crippen LogP contribution in [-0.4, -0.2) is 11.0 Å². The Balaban J connectivity index is 2.14. The lowest BCUT2D eigenvalue weighted by molar-refractivity contribution is -0.384. The van der Waals surface area contributed by atoms with Gasteiger partial charge in [-0.15, -0.1) is 0 Å². The van der Waals surface area contributed by atoms with Gasteiger partial charge in [-0.3, -0.25) is 10.1 Å². The molecule has 0 saturated heterocycles. The summed E-state index contributed by atoms with van der Waals surface area (Å²) in [6.45, 7) is 2.25. The molecule has 17 heavy (non-hydrogen) atoms. The number of hydrogen-bond donors (Lipinski definition) is 1. The highest BCUT2D eigenvalue weighted by Gasteiger charge is 2.23. The zero-order valence-electron chi connectivity index (χ0n) is 9.65. The van der Waals surface area contributed by atoms with Crippen LogP contribution < -0.4 is 5.32 Å². The van der Waals surface area contributed by atoms with Gasteiger partial charge in [-0.1, -0.05) is 13.3 Å². The van der Waals surface area contributed by atoms with Crippen LogP contribution in [0.15, 0.2) is 18.2 Å². The van der Waals surface area contributed by atoms with Gasteiger partial charge < -0.3 is 5.32 Å². The zero-order valence-corrected chi connectivity index (χ0v) is 11.8. The van der Waals surface area contributed by atoms with Gasteiger partial charge in [-0.25, -0.2) is 0 Å². The summed E-state index contributed by atoms with van der Waals surface area (Å²) < 4.78 is 0.913. The number of nitrogens with one attached hydrogen (secondary N) is 1. The smallest absolute Gasteiger partial charge is 0.270 e. The van der Waals surface area contributed by atoms with E-state index >= 15 is 0 Å². The molecule has 0 aromatic heterocycles. The van der Waals surface area contributed by atoms with Gasteiger partial charge in [0, 0.05) is 27.4 Å². The highest BCUT2D eigenvalue weighted by atomic mass is 127. The molecule has 1 aromatic rings. The van der Waals surface area contributed by atoms with Gasteiger partial charge in [0.1, 0.15) is 0 Å². The molecule has 0 heterocycles. The number of benzene rings is 1. The van der Waals surface area contributed by atoms with Crippen molar-refractivity contribution in [1.82, 2.24) is 0 Å². The Bertz CT molecular complexity index is 437. The molecule has 5 heteroatoms. The highest BCUT2D eigenvalue weighted by molar-refractivity contribution is 14.1. The van der Waals surface area contributed by atoms with Crippen LogP contribution in [0.5, 0.6) is 0 Å². The zero-order chi connectivity index (χ0) is 12.4. The molecule has 1 aliphatic rings. The van der Waals surface area contributed by atoms with Crippen molar-refractivity contribution in [3.05, 3.63) is 31.9 Å². The van der Waals surface area contributed by atoms with E-state index in [2.05, 4.69) is 34.8 Å². The van der Waals surface area contributed by atoms with Gasteiger partial charge in [0.15, 0.2) is 0 Å². The number of nitrogens with zero attached hydrogens (tertiary/aromatic N) is 1. The van der Waals surface area contributed by atoms with Gasteiger partial charge in [0.25, 0.3) is 5.69 Å². The van der Waals surface area contributed by atoms with Crippen LogP contribution in [0, 0.1) is 19.6 Å². The molecular formula is C12H15IN2O2. The molecule has 2 rings (SSSR count). The summed E-state index contributed by atoms with van der Waals surface area (Å²) in [6.07, 6.45) is 3.72. The molecule has 1 saturated carbocycles. The fourth-order valence-corrected chi connectivity index (χ4v) is 2.95. The fraction of sp³-hybridized carbons (Fsp3) is 0.500. The first-order valence-corrected chi connectivity index (χ1v) is 6.86. The fourth-order valence-electron chi connectivity index (χ4n) is 2.29. The third-order valence-electron chi connectivity index (χ3n) is 3.37. The normalized spacial score (nSPS) is 23.6. The minimum absolute atomic E-state index is 0.152. The number of nitro groups is 1. The van der Waals surface area contributed by atoms with Crippen molar-refractivity contribution in [3.8, 4) is 0 Å². The maximum atomic E-state index is 10.6. The van der Waals surface area contributed by atoms with E-state index in [0.717, 1.165) is 9.26 Å². The average molecular weight is 346 g/mol. The second-order valence-electron chi connectivity index (χ2n) is 4.58. The van der Waals surface area contributed by atoms with Crippen molar-refractivity contribution in [3.63, 3.8) is 0 Å². The number of nitro benzene ring substituents is 1. The summed E-state index contributed by atoms with van der Waals surface area (Å²) in [4.78, 5) is 10.3. The van der Waals surface area contributed by atoms with Crippen molar-refractivity contribution in [2.45, 2.75) is 32.2 Å². The molecule has 2 unspecified atom stereocenters. The van der Waals surface area contributed by atoms with Crippen LogP contribution in [0.3, 0.4) is 0 Å². The Morgan fingerprint density at radius 1 is 1.47 bits per heavy atom. The second kappa shape index (κ2) is 5.20. The number of hydrogen-bond acceptors (Lipinski definition) is 3. The van der Waals surface area contributed by atoms with Crippen LogP contribution in [-0.2, 0) is 0 Å². The summed E-state index contributed by atoms with van der Waals surface area (Å²) in [5.74, 6) is 0.681. The molecule has 0 radical (unpaired) electrons. The van der Waals surface area contributed by atoms with E-state index < -0.39 is 0 Å². The van der Waals surface area contributed by atoms with Gasteiger partial charge in [0.2, 0.25) is 0 Å². The van der Waals surface area contributed by atoms with Gasteiger partial charge in [0.05, 0.1) is 4.92 Å². The van der Waals surface area contributed by atoms with Gasteiger partial charge in [-0.2, -0.15) is 0 Å². The number of non-ortho nitro benzene ring substituents is 1.